The van der Waals surface area contributed by atoms with Crippen molar-refractivity contribution in [1.29, 1.82) is 0 Å². The van der Waals surface area contributed by atoms with Crippen molar-refractivity contribution >= 4 is 0 Å². The zero-order chi connectivity index (χ0) is 8.10. The summed E-state index contributed by atoms with van der Waals surface area (Å²) in [4.78, 5) is 4.16. The molecule has 0 N–H and O–H groups in total. The summed E-state index contributed by atoms with van der Waals surface area (Å²) in [5.41, 5.74) is 0. The van der Waals surface area contributed by atoms with E-state index in [0.717, 1.165) is 37.3 Å². The molecular weight excluding hydrogens is 138 g/mol. The van der Waals surface area contributed by atoms with Gasteiger partial charge < -0.3 is 4.42 Å². The van der Waals surface area contributed by atoms with Gasteiger partial charge in [-0.15, -0.1) is 0 Å². The SMILES string of the molecule is CCCc1cnc(CCC)o1. The van der Waals surface area contributed by atoms with E-state index >= 15 is 0 Å². The molecule has 1 aromatic heterocycles. The van der Waals surface area contributed by atoms with Crippen molar-refractivity contribution < 1.29 is 4.42 Å². The molecule has 0 spiro atoms. The Kier molecular flexibility index (Phi) is 3.14. The molecule has 0 amide bonds. The second-order valence-corrected chi connectivity index (χ2v) is 2.72. The summed E-state index contributed by atoms with van der Waals surface area (Å²) in [7, 11) is 0. The molecule has 1 heterocycles. The van der Waals surface area contributed by atoms with E-state index in [1.807, 2.05) is 6.20 Å². The Morgan fingerprint density at radius 3 is 2.64 bits per heavy atom. The molecule has 0 unspecified atom stereocenters. The summed E-state index contributed by atoms with van der Waals surface area (Å²) in [6.07, 6.45) is 6.04. The van der Waals surface area contributed by atoms with Gasteiger partial charge in [0.25, 0.3) is 0 Å². The topological polar surface area (TPSA) is 26.0 Å². The van der Waals surface area contributed by atoms with Crippen LogP contribution >= 0.6 is 0 Å². The van der Waals surface area contributed by atoms with Gasteiger partial charge in [0, 0.05) is 12.8 Å². The molecule has 0 atom stereocenters. The largest absolute Gasteiger partial charge is 0.446 e. The van der Waals surface area contributed by atoms with Gasteiger partial charge in [-0.3, -0.25) is 0 Å². The second-order valence-electron chi connectivity index (χ2n) is 2.72. The Hall–Kier alpha value is -0.790. The van der Waals surface area contributed by atoms with E-state index in [1.54, 1.807) is 0 Å². The van der Waals surface area contributed by atoms with Gasteiger partial charge in [-0.25, -0.2) is 4.98 Å². The monoisotopic (exact) mass is 153 g/mol. The van der Waals surface area contributed by atoms with Crippen LogP contribution in [0.4, 0.5) is 0 Å². The summed E-state index contributed by atoms with van der Waals surface area (Å²) in [5, 5.41) is 0. The highest BCUT2D eigenvalue weighted by molar-refractivity contribution is 4.93. The minimum atomic E-state index is 0.885. The molecule has 0 aliphatic carbocycles. The van der Waals surface area contributed by atoms with Crippen molar-refractivity contribution in [2.75, 3.05) is 0 Å². The van der Waals surface area contributed by atoms with Crippen molar-refractivity contribution in [3.8, 4) is 0 Å². The maximum absolute atomic E-state index is 5.45. The first kappa shape index (κ1) is 8.31. The van der Waals surface area contributed by atoms with Crippen molar-refractivity contribution in [2.45, 2.75) is 39.5 Å². The van der Waals surface area contributed by atoms with Gasteiger partial charge in [0.1, 0.15) is 5.76 Å². The maximum Gasteiger partial charge on any atom is 0.194 e. The molecule has 2 heteroatoms. The molecule has 2 nitrogen and oxygen atoms in total. The molecule has 0 saturated carbocycles. The summed E-state index contributed by atoms with van der Waals surface area (Å²) in [6, 6.07) is 0. The van der Waals surface area contributed by atoms with Crippen molar-refractivity contribution in [3.05, 3.63) is 17.8 Å². The minimum absolute atomic E-state index is 0.885. The number of oxazole rings is 1. The molecule has 1 aromatic rings. The van der Waals surface area contributed by atoms with Crippen LogP contribution in [0.15, 0.2) is 10.6 Å². The Labute approximate surface area is 67.6 Å². The number of aryl methyl sites for hydroxylation is 2. The van der Waals surface area contributed by atoms with Crippen LogP contribution < -0.4 is 0 Å². The molecule has 0 bridgehead atoms. The van der Waals surface area contributed by atoms with E-state index in [1.165, 1.54) is 0 Å². The Morgan fingerprint density at radius 2 is 2.00 bits per heavy atom. The first-order valence-electron chi connectivity index (χ1n) is 4.30. The van der Waals surface area contributed by atoms with E-state index in [4.69, 9.17) is 4.42 Å². The lowest BCUT2D eigenvalue weighted by molar-refractivity contribution is 0.450. The van der Waals surface area contributed by atoms with Crippen LogP contribution in [0.3, 0.4) is 0 Å². The molecule has 0 aliphatic heterocycles. The van der Waals surface area contributed by atoms with Gasteiger partial charge in [0.15, 0.2) is 5.89 Å². The Morgan fingerprint density at radius 1 is 1.27 bits per heavy atom. The van der Waals surface area contributed by atoms with Gasteiger partial charge in [0.2, 0.25) is 0 Å². The first-order chi connectivity index (χ1) is 5.36. The van der Waals surface area contributed by atoms with Crippen molar-refractivity contribution in [3.63, 3.8) is 0 Å². The third kappa shape index (κ3) is 2.37. The van der Waals surface area contributed by atoms with Gasteiger partial charge in [-0.2, -0.15) is 0 Å². The van der Waals surface area contributed by atoms with Gasteiger partial charge in [-0.05, 0) is 12.8 Å². The number of nitrogens with zero attached hydrogens (tertiary/aromatic N) is 1. The van der Waals surface area contributed by atoms with E-state index in [9.17, 15) is 0 Å². The fraction of sp³-hybridized carbons (Fsp3) is 0.667. The lowest BCUT2D eigenvalue weighted by Crippen LogP contribution is -1.80. The molecule has 1 rings (SSSR count). The number of hydrogen-bond acceptors (Lipinski definition) is 2. The van der Waals surface area contributed by atoms with Crippen LogP contribution in [0.25, 0.3) is 0 Å². The number of aromatic nitrogens is 1. The predicted molar refractivity (Wildman–Crippen MR) is 44.5 cm³/mol. The molecule has 0 fully saturated rings. The fourth-order valence-corrected chi connectivity index (χ4v) is 1.04. The number of hydrogen-bond donors (Lipinski definition) is 0. The smallest absolute Gasteiger partial charge is 0.194 e. The highest BCUT2D eigenvalue weighted by Crippen LogP contribution is 2.07. The molecular formula is C9H15NO. The summed E-state index contributed by atoms with van der Waals surface area (Å²) in [5.74, 6) is 1.91. The molecule has 0 aliphatic rings. The fourth-order valence-electron chi connectivity index (χ4n) is 1.04. The summed E-state index contributed by atoms with van der Waals surface area (Å²) < 4.78 is 5.45. The van der Waals surface area contributed by atoms with Crippen molar-refractivity contribution in [1.82, 2.24) is 4.98 Å². The third-order valence-corrected chi connectivity index (χ3v) is 1.56. The maximum atomic E-state index is 5.45. The van der Waals surface area contributed by atoms with E-state index in [0.29, 0.717) is 0 Å². The van der Waals surface area contributed by atoms with Crippen molar-refractivity contribution in [2.24, 2.45) is 0 Å². The quantitative estimate of drug-likeness (QED) is 0.664. The van der Waals surface area contributed by atoms with E-state index < -0.39 is 0 Å². The molecule has 62 valence electrons. The van der Waals surface area contributed by atoms with Gasteiger partial charge in [0.05, 0.1) is 6.20 Å². The molecule has 0 saturated heterocycles. The zero-order valence-corrected chi connectivity index (χ0v) is 7.26. The van der Waals surface area contributed by atoms with Crippen LogP contribution in [-0.4, -0.2) is 4.98 Å². The van der Waals surface area contributed by atoms with Crippen LogP contribution in [0, 0.1) is 0 Å². The highest BCUT2D eigenvalue weighted by atomic mass is 16.4. The number of rotatable bonds is 4. The standard InChI is InChI=1S/C9H15NO/c1-3-5-8-7-10-9(11-8)6-4-2/h7H,3-6H2,1-2H3. The van der Waals surface area contributed by atoms with Crippen LogP contribution in [0.2, 0.25) is 0 Å². The average Bonchev–Trinajstić information content (AvgIpc) is 2.38. The normalized spacial score (nSPS) is 10.4. The van der Waals surface area contributed by atoms with Gasteiger partial charge >= 0.3 is 0 Å². The van der Waals surface area contributed by atoms with Gasteiger partial charge in [-0.1, -0.05) is 13.8 Å². The molecule has 0 radical (unpaired) electrons. The summed E-state index contributed by atoms with van der Waals surface area (Å²) in [6.45, 7) is 4.27. The van der Waals surface area contributed by atoms with Crippen LogP contribution in [0.1, 0.15) is 38.3 Å². The third-order valence-electron chi connectivity index (χ3n) is 1.56. The zero-order valence-electron chi connectivity index (χ0n) is 7.26. The lowest BCUT2D eigenvalue weighted by Gasteiger charge is -1.89. The van der Waals surface area contributed by atoms with E-state index in [2.05, 4.69) is 18.8 Å². The Balaban J connectivity index is 2.51. The molecule has 0 aromatic carbocycles. The first-order valence-corrected chi connectivity index (χ1v) is 4.30. The van der Waals surface area contributed by atoms with E-state index in [-0.39, 0.29) is 0 Å². The minimum Gasteiger partial charge on any atom is -0.446 e. The second kappa shape index (κ2) is 4.16. The average molecular weight is 153 g/mol. The van der Waals surface area contributed by atoms with Crippen LogP contribution in [-0.2, 0) is 12.8 Å². The molecule has 11 heavy (non-hydrogen) atoms. The Bertz CT molecular complexity index is 185. The lowest BCUT2D eigenvalue weighted by atomic mass is 10.3. The predicted octanol–water partition coefficient (Wildman–Crippen LogP) is 2.58. The highest BCUT2D eigenvalue weighted by Gasteiger charge is 2.00. The van der Waals surface area contributed by atoms with Crippen LogP contribution in [0.5, 0.6) is 0 Å². The summed E-state index contributed by atoms with van der Waals surface area (Å²) >= 11 is 0.